The van der Waals surface area contributed by atoms with E-state index in [9.17, 15) is 4.79 Å². The molecule has 0 aliphatic carbocycles. The van der Waals surface area contributed by atoms with Crippen molar-refractivity contribution in [2.24, 2.45) is 0 Å². The highest BCUT2D eigenvalue weighted by Crippen LogP contribution is 2.25. The van der Waals surface area contributed by atoms with Crippen LogP contribution < -0.4 is 9.47 Å². The molecule has 0 saturated heterocycles. The van der Waals surface area contributed by atoms with Crippen LogP contribution in [0.25, 0.3) is 12.2 Å². The summed E-state index contributed by atoms with van der Waals surface area (Å²) in [5.41, 5.74) is 1.79. The standard InChI is InChI=1S/C21H17NO4/c1-25-18-9-11-19(12-10-18)26-20-4-2-3-15(13-20)5-7-17-8-6-16(14-22-17)21(23)24/h2-14H,1H3,(H,23,24)/b7-5+. The van der Waals surface area contributed by atoms with Crippen LogP contribution in [0.1, 0.15) is 21.6 Å². The van der Waals surface area contributed by atoms with Gasteiger partial charge in [-0.25, -0.2) is 4.79 Å². The van der Waals surface area contributed by atoms with E-state index in [2.05, 4.69) is 4.98 Å². The molecular weight excluding hydrogens is 330 g/mol. The van der Waals surface area contributed by atoms with E-state index in [-0.39, 0.29) is 5.56 Å². The van der Waals surface area contributed by atoms with Gasteiger partial charge >= 0.3 is 5.97 Å². The van der Waals surface area contributed by atoms with Gasteiger partial charge in [0.2, 0.25) is 0 Å². The number of benzene rings is 2. The van der Waals surface area contributed by atoms with Crippen molar-refractivity contribution in [2.75, 3.05) is 7.11 Å². The molecule has 0 aliphatic heterocycles. The highest BCUT2D eigenvalue weighted by Gasteiger charge is 2.02. The molecule has 1 heterocycles. The van der Waals surface area contributed by atoms with Crippen molar-refractivity contribution in [2.45, 2.75) is 0 Å². The third kappa shape index (κ3) is 4.48. The first-order chi connectivity index (χ1) is 12.6. The molecule has 1 N–H and O–H groups in total. The molecule has 0 radical (unpaired) electrons. The van der Waals surface area contributed by atoms with Gasteiger partial charge in [-0.05, 0) is 60.2 Å². The molecule has 3 aromatic rings. The second kappa shape index (κ2) is 7.98. The second-order valence-electron chi connectivity index (χ2n) is 5.46. The van der Waals surface area contributed by atoms with Crippen molar-refractivity contribution in [3.05, 3.63) is 83.7 Å². The molecule has 0 atom stereocenters. The molecule has 1 aromatic heterocycles. The maximum absolute atomic E-state index is 10.8. The van der Waals surface area contributed by atoms with E-state index in [0.29, 0.717) is 11.4 Å². The zero-order chi connectivity index (χ0) is 18.4. The normalized spacial score (nSPS) is 10.7. The molecule has 0 saturated carbocycles. The fourth-order valence-corrected chi connectivity index (χ4v) is 2.27. The molecule has 0 amide bonds. The monoisotopic (exact) mass is 347 g/mol. The third-order valence-corrected chi connectivity index (χ3v) is 3.63. The molecule has 0 spiro atoms. The lowest BCUT2D eigenvalue weighted by molar-refractivity contribution is 0.0696. The van der Waals surface area contributed by atoms with Gasteiger partial charge in [-0.15, -0.1) is 0 Å². The van der Waals surface area contributed by atoms with Crippen LogP contribution in [-0.2, 0) is 0 Å². The quantitative estimate of drug-likeness (QED) is 0.697. The topological polar surface area (TPSA) is 68.7 Å². The number of hydrogen-bond acceptors (Lipinski definition) is 4. The molecule has 0 bridgehead atoms. The van der Waals surface area contributed by atoms with Gasteiger partial charge in [0.1, 0.15) is 17.2 Å². The van der Waals surface area contributed by atoms with Crippen molar-refractivity contribution < 1.29 is 19.4 Å². The van der Waals surface area contributed by atoms with Crippen molar-refractivity contribution in [1.82, 2.24) is 4.98 Å². The number of aromatic carboxylic acids is 1. The Bertz CT molecular complexity index is 916. The summed E-state index contributed by atoms with van der Waals surface area (Å²) in [6, 6.07) is 18.2. The summed E-state index contributed by atoms with van der Waals surface area (Å²) in [7, 11) is 1.62. The van der Waals surface area contributed by atoms with Crippen LogP contribution in [0, 0.1) is 0 Å². The van der Waals surface area contributed by atoms with Crippen molar-refractivity contribution >= 4 is 18.1 Å². The Labute approximate surface area is 151 Å². The summed E-state index contributed by atoms with van der Waals surface area (Å²) in [5, 5.41) is 8.89. The molecule has 130 valence electrons. The van der Waals surface area contributed by atoms with Crippen LogP contribution in [0.15, 0.2) is 66.9 Å². The molecule has 2 aromatic carbocycles. The van der Waals surface area contributed by atoms with E-state index in [0.717, 1.165) is 17.1 Å². The molecule has 0 fully saturated rings. The number of nitrogens with zero attached hydrogens (tertiary/aromatic N) is 1. The van der Waals surface area contributed by atoms with Crippen LogP contribution in [0.5, 0.6) is 17.2 Å². The van der Waals surface area contributed by atoms with E-state index < -0.39 is 5.97 Å². The fourth-order valence-electron chi connectivity index (χ4n) is 2.27. The highest BCUT2D eigenvalue weighted by molar-refractivity contribution is 5.87. The lowest BCUT2D eigenvalue weighted by Crippen LogP contribution is -1.96. The van der Waals surface area contributed by atoms with E-state index >= 15 is 0 Å². The summed E-state index contributed by atoms with van der Waals surface area (Å²) in [4.78, 5) is 14.9. The Morgan fingerprint density at radius 3 is 2.38 bits per heavy atom. The van der Waals surface area contributed by atoms with Gasteiger partial charge in [-0.1, -0.05) is 18.2 Å². The Morgan fingerprint density at radius 1 is 0.962 bits per heavy atom. The van der Waals surface area contributed by atoms with Crippen LogP contribution in [0.2, 0.25) is 0 Å². The molecule has 5 heteroatoms. The zero-order valence-corrected chi connectivity index (χ0v) is 14.1. The number of ether oxygens (including phenoxy) is 2. The summed E-state index contributed by atoms with van der Waals surface area (Å²) < 4.78 is 11.0. The van der Waals surface area contributed by atoms with E-state index in [1.165, 1.54) is 12.3 Å². The minimum atomic E-state index is -0.989. The Morgan fingerprint density at radius 2 is 1.73 bits per heavy atom. The summed E-state index contributed by atoms with van der Waals surface area (Å²) in [6.45, 7) is 0. The Balaban J connectivity index is 1.70. The van der Waals surface area contributed by atoms with Crippen LogP contribution in [-0.4, -0.2) is 23.2 Å². The number of aromatic nitrogens is 1. The van der Waals surface area contributed by atoms with Gasteiger partial charge in [0, 0.05) is 6.20 Å². The van der Waals surface area contributed by atoms with Crippen molar-refractivity contribution in [1.29, 1.82) is 0 Å². The lowest BCUT2D eigenvalue weighted by atomic mass is 10.1. The van der Waals surface area contributed by atoms with E-state index in [4.69, 9.17) is 14.6 Å². The minimum Gasteiger partial charge on any atom is -0.497 e. The van der Waals surface area contributed by atoms with Crippen LogP contribution in [0.4, 0.5) is 0 Å². The average Bonchev–Trinajstić information content (AvgIpc) is 2.67. The van der Waals surface area contributed by atoms with Gasteiger partial charge in [0.25, 0.3) is 0 Å². The number of carboxylic acids is 1. The van der Waals surface area contributed by atoms with Crippen molar-refractivity contribution in [3.8, 4) is 17.2 Å². The van der Waals surface area contributed by atoms with Gasteiger partial charge in [-0.2, -0.15) is 0 Å². The zero-order valence-electron chi connectivity index (χ0n) is 14.1. The Hall–Kier alpha value is -3.60. The highest BCUT2D eigenvalue weighted by atomic mass is 16.5. The van der Waals surface area contributed by atoms with Gasteiger partial charge in [0.05, 0.1) is 18.4 Å². The predicted molar refractivity (Wildman–Crippen MR) is 99.6 cm³/mol. The maximum atomic E-state index is 10.8. The molecule has 5 nitrogen and oxygen atoms in total. The summed E-state index contributed by atoms with van der Waals surface area (Å²) >= 11 is 0. The largest absolute Gasteiger partial charge is 0.497 e. The average molecular weight is 347 g/mol. The van der Waals surface area contributed by atoms with E-state index in [1.807, 2.05) is 60.7 Å². The SMILES string of the molecule is COc1ccc(Oc2cccc(/C=C/c3ccc(C(=O)O)cn3)c2)cc1. The lowest BCUT2D eigenvalue weighted by Gasteiger charge is -2.07. The fraction of sp³-hybridized carbons (Fsp3) is 0.0476. The number of pyridine rings is 1. The first-order valence-corrected chi connectivity index (χ1v) is 7.93. The Kier molecular flexibility index (Phi) is 5.29. The second-order valence-corrected chi connectivity index (χ2v) is 5.46. The molecular formula is C21H17NO4. The van der Waals surface area contributed by atoms with Gasteiger partial charge < -0.3 is 14.6 Å². The molecule has 3 rings (SSSR count). The maximum Gasteiger partial charge on any atom is 0.337 e. The number of rotatable bonds is 6. The molecule has 26 heavy (non-hydrogen) atoms. The number of carbonyl (C=O) groups is 1. The number of carboxylic acid groups (broad SMARTS) is 1. The number of hydrogen-bond donors (Lipinski definition) is 1. The first-order valence-electron chi connectivity index (χ1n) is 7.93. The van der Waals surface area contributed by atoms with Gasteiger partial charge in [-0.3, -0.25) is 4.98 Å². The first kappa shape index (κ1) is 17.2. The molecule has 0 aliphatic rings. The van der Waals surface area contributed by atoms with E-state index in [1.54, 1.807) is 13.2 Å². The third-order valence-electron chi connectivity index (χ3n) is 3.63. The minimum absolute atomic E-state index is 0.164. The van der Waals surface area contributed by atoms with Crippen LogP contribution >= 0.6 is 0 Å². The van der Waals surface area contributed by atoms with Crippen molar-refractivity contribution in [3.63, 3.8) is 0 Å². The molecule has 0 unspecified atom stereocenters. The predicted octanol–water partition coefficient (Wildman–Crippen LogP) is 4.75. The smallest absolute Gasteiger partial charge is 0.337 e. The van der Waals surface area contributed by atoms with Crippen LogP contribution in [0.3, 0.4) is 0 Å². The number of methoxy groups -OCH3 is 1. The van der Waals surface area contributed by atoms with Gasteiger partial charge in [0.15, 0.2) is 0 Å². The summed E-state index contributed by atoms with van der Waals surface area (Å²) in [5.74, 6) is 1.22. The summed E-state index contributed by atoms with van der Waals surface area (Å²) in [6.07, 6.45) is 5.05.